The molecule has 20 heavy (non-hydrogen) atoms. The summed E-state index contributed by atoms with van der Waals surface area (Å²) in [4.78, 5) is 13.6. The minimum atomic E-state index is -0.327. The molecule has 0 saturated heterocycles. The molecule has 1 aromatic rings. The van der Waals surface area contributed by atoms with E-state index in [1.807, 2.05) is 27.8 Å². The van der Waals surface area contributed by atoms with Crippen molar-refractivity contribution in [3.63, 3.8) is 0 Å². The zero-order chi connectivity index (χ0) is 15.5. The third-order valence-corrected chi connectivity index (χ3v) is 3.50. The minimum Gasteiger partial charge on any atom is -0.479 e. The molecule has 1 heterocycles. The fourth-order valence-electron chi connectivity index (χ4n) is 1.51. The Morgan fingerprint density at radius 2 is 2.05 bits per heavy atom. The predicted molar refractivity (Wildman–Crippen MR) is 79.6 cm³/mol. The van der Waals surface area contributed by atoms with Crippen LogP contribution in [0.25, 0.3) is 0 Å². The highest BCUT2D eigenvalue weighted by molar-refractivity contribution is 9.10. The van der Waals surface area contributed by atoms with Gasteiger partial charge in [0, 0.05) is 14.1 Å². The summed E-state index contributed by atoms with van der Waals surface area (Å²) in [6, 6.07) is 0. The topological polar surface area (TPSA) is 56.6 Å². The number of hydrogen-bond acceptors (Lipinski definition) is 4. The van der Waals surface area contributed by atoms with Gasteiger partial charge in [0.25, 0.3) is 0 Å². The van der Waals surface area contributed by atoms with Crippen LogP contribution in [-0.4, -0.2) is 47.0 Å². The smallest absolute Gasteiger partial charge is 0.248 e. The maximum atomic E-state index is 12.0. The molecule has 1 amide bonds. The second-order valence-corrected chi connectivity index (χ2v) is 6.34. The van der Waals surface area contributed by atoms with E-state index in [-0.39, 0.29) is 18.1 Å². The summed E-state index contributed by atoms with van der Waals surface area (Å²) in [6.45, 7) is 6.25. The second kappa shape index (κ2) is 6.58. The summed E-state index contributed by atoms with van der Waals surface area (Å²) in [7, 11) is 5.11. The highest BCUT2D eigenvalue weighted by atomic mass is 79.9. The van der Waals surface area contributed by atoms with E-state index in [4.69, 9.17) is 9.47 Å². The van der Waals surface area contributed by atoms with E-state index in [0.29, 0.717) is 12.4 Å². The fraction of sp³-hybridized carbons (Fsp3) is 0.692. The van der Waals surface area contributed by atoms with E-state index in [1.54, 1.807) is 23.7 Å². The molecule has 0 radical (unpaired) electrons. The van der Waals surface area contributed by atoms with Crippen molar-refractivity contribution in [3.8, 4) is 5.88 Å². The third kappa shape index (κ3) is 4.49. The van der Waals surface area contributed by atoms with Crippen molar-refractivity contribution in [3.05, 3.63) is 10.2 Å². The molecule has 114 valence electrons. The minimum absolute atomic E-state index is 0.0621. The van der Waals surface area contributed by atoms with Crippen LogP contribution < -0.4 is 4.74 Å². The van der Waals surface area contributed by atoms with Crippen molar-refractivity contribution in [2.45, 2.75) is 32.9 Å². The summed E-state index contributed by atoms with van der Waals surface area (Å²) in [5.41, 5.74) is 0.542. The number of hydrogen-bond donors (Lipinski definition) is 0. The van der Waals surface area contributed by atoms with E-state index in [9.17, 15) is 4.79 Å². The van der Waals surface area contributed by atoms with E-state index < -0.39 is 0 Å². The molecule has 0 aliphatic rings. The van der Waals surface area contributed by atoms with Gasteiger partial charge in [0.2, 0.25) is 11.8 Å². The Hall–Kier alpha value is -1.08. The largest absolute Gasteiger partial charge is 0.479 e. The quantitative estimate of drug-likeness (QED) is 0.816. The van der Waals surface area contributed by atoms with E-state index in [0.717, 1.165) is 10.2 Å². The average Bonchev–Trinajstić information content (AvgIpc) is 2.62. The van der Waals surface area contributed by atoms with Gasteiger partial charge in [-0.2, -0.15) is 0 Å². The molecule has 0 saturated carbocycles. The fourth-order valence-corrected chi connectivity index (χ4v) is 2.13. The van der Waals surface area contributed by atoms with Crippen LogP contribution in [0.4, 0.5) is 0 Å². The molecule has 1 aromatic heterocycles. The lowest BCUT2D eigenvalue weighted by Crippen LogP contribution is -2.34. The average molecular weight is 348 g/mol. The van der Waals surface area contributed by atoms with E-state index in [2.05, 4.69) is 21.0 Å². The summed E-state index contributed by atoms with van der Waals surface area (Å²) in [5, 5.41) is 4.20. The molecule has 0 aliphatic heterocycles. The molecule has 0 aromatic carbocycles. The SMILES string of the molecule is COc1nn(C)c(CN(C)C(=O)COC(C)(C)C)c1Br. The first-order chi connectivity index (χ1) is 9.15. The Labute approximate surface area is 128 Å². The normalized spacial score (nSPS) is 11.6. The van der Waals surface area contributed by atoms with Gasteiger partial charge in [-0.3, -0.25) is 9.48 Å². The van der Waals surface area contributed by atoms with Gasteiger partial charge in [0.1, 0.15) is 11.1 Å². The Kier molecular flexibility index (Phi) is 5.59. The van der Waals surface area contributed by atoms with E-state index in [1.165, 1.54) is 0 Å². The van der Waals surface area contributed by atoms with Crippen LogP contribution >= 0.6 is 15.9 Å². The first-order valence-electron chi connectivity index (χ1n) is 6.29. The number of carbonyl (C=O) groups is 1. The van der Waals surface area contributed by atoms with Gasteiger partial charge in [-0.05, 0) is 36.7 Å². The maximum Gasteiger partial charge on any atom is 0.248 e. The highest BCUT2D eigenvalue weighted by Crippen LogP contribution is 2.27. The van der Waals surface area contributed by atoms with Gasteiger partial charge < -0.3 is 14.4 Å². The number of aryl methyl sites for hydroxylation is 1. The van der Waals surface area contributed by atoms with Gasteiger partial charge in [-0.25, -0.2) is 0 Å². The van der Waals surface area contributed by atoms with E-state index >= 15 is 0 Å². The van der Waals surface area contributed by atoms with Crippen molar-refractivity contribution < 1.29 is 14.3 Å². The van der Waals surface area contributed by atoms with Gasteiger partial charge in [0.05, 0.1) is 24.9 Å². The first-order valence-corrected chi connectivity index (χ1v) is 7.08. The number of ether oxygens (including phenoxy) is 2. The molecule has 0 spiro atoms. The molecule has 0 fully saturated rings. The molecule has 0 N–H and O–H groups in total. The van der Waals surface area contributed by atoms with Crippen molar-refractivity contribution in [2.24, 2.45) is 7.05 Å². The van der Waals surface area contributed by atoms with Crippen LogP contribution in [0.5, 0.6) is 5.88 Å². The lowest BCUT2D eigenvalue weighted by molar-refractivity contribution is -0.140. The number of nitrogens with zero attached hydrogens (tertiary/aromatic N) is 3. The number of amides is 1. The van der Waals surface area contributed by atoms with Crippen molar-refractivity contribution in [2.75, 3.05) is 20.8 Å². The van der Waals surface area contributed by atoms with Gasteiger partial charge in [-0.1, -0.05) is 0 Å². The van der Waals surface area contributed by atoms with Crippen LogP contribution in [0.3, 0.4) is 0 Å². The molecular formula is C13H22BrN3O3. The number of likely N-dealkylation sites (N-methyl/N-ethyl adjacent to an activating group) is 1. The zero-order valence-corrected chi connectivity index (χ0v) is 14.4. The molecule has 7 heteroatoms. The van der Waals surface area contributed by atoms with Gasteiger partial charge >= 0.3 is 0 Å². The number of aromatic nitrogens is 2. The summed E-state index contributed by atoms with van der Waals surface area (Å²) in [5.74, 6) is 0.432. The standard InChI is InChI=1S/C13H22BrN3O3/c1-13(2,3)20-8-10(18)16(4)7-9-11(14)12(19-6)15-17(9)5/h7-8H2,1-6H3. The first kappa shape index (κ1) is 17.0. The number of methoxy groups -OCH3 is 1. The molecular weight excluding hydrogens is 326 g/mol. The Morgan fingerprint density at radius 1 is 1.45 bits per heavy atom. The van der Waals surface area contributed by atoms with Crippen LogP contribution in [0.15, 0.2) is 4.47 Å². The van der Waals surface area contributed by atoms with Crippen LogP contribution in [0.2, 0.25) is 0 Å². The zero-order valence-electron chi connectivity index (χ0n) is 12.9. The lowest BCUT2D eigenvalue weighted by Gasteiger charge is -2.22. The Morgan fingerprint density at radius 3 is 2.50 bits per heavy atom. The van der Waals surface area contributed by atoms with Gasteiger partial charge in [-0.15, -0.1) is 5.10 Å². The van der Waals surface area contributed by atoms with Crippen LogP contribution in [0, 0.1) is 0 Å². The number of carbonyl (C=O) groups excluding carboxylic acids is 1. The molecule has 1 rings (SSSR count). The Balaban J connectivity index is 2.69. The Bertz CT molecular complexity index is 480. The number of rotatable bonds is 5. The summed E-state index contributed by atoms with van der Waals surface area (Å²) in [6.07, 6.45) is 0. The predicted octanol–water partition coefficient (Wildman–Crippen LogP) is 1.96. The highest BCUT2D eigenvalue weighted by Gasteiger charge is 2.20. The van der Waals surface area contributed by atoms with Crippen molar-refractivity contribution in [1.82, 2.24) is 14.7 Å². The summed E-state index contributed by atoms with van der Waals surface area (Å²) < 4.78 is 13.1. The lowest BCUT2D eigenvalue weighted by atomic mass is 10.2. The molecule has 6 nitrogen and oxygen atoms in total. The number of halogens is 1. The van der Waals surface area contributed by atoms with Gasteiger partial charge in [0.15, 0.2) is 0 Å². The van der Waals surface area contributed by atoms with Crippen LogP contribution in [-0.2, 0) is 23.1 Å². The monoisotopic (exact) mass is 347 g/mol. The second-order valence-electron chi connectivity index (χ2n) is 5.54. The molecule has 0 atom stereocenters. The maximum absolute atomic E-state index is 12.0. The summed E-state index contributed by atoms with van der Waals surface area (Å²) >= 11 is 3.43. The molecule has 0 bridgehead atoms. The van der Waals surface area contributed by atoms with Crippen molar-refractivity contribution in [1.29, 1.82) is 0 Å². The van der Waals surface area contributed by atoms with Crippen LogP contribution in [0.1, 0.15) is 26.5 Å². The van der Waals surface area contributed by atoms with Crippen molar-refractivity contribution >= 4 is 21.8 Å². The molecule has 0 aliphatic carbocycles. The third-order valence-electron chi connectivity index (χ3n) is 2.71. The molecule has 0 unspecified atom stereocenters.